The highest BCUT2D eigenvalue weighted by atomic mass is 32.2. The molecule has 2 aromatic carbocycles. The molecule has 0 heterocycles. The van der Waals surface area contributed by atoms with Gasteiger partial charge in [-0.2, -0.15) is 0 Å². The number of aromatic hydroxyl groups is 1. The molecule has 0 aliphatic heterocycles. The Kier molecular flexibility index (Phi) is 5.34. The molecule has 2 aromatic rings. The van der Waals surface area contributed by atoms with E-state index >= 15 is 0 Å². The third-order valence-corrected chi connectivity index (χ3v) is 4.44. The summed E-state index contributed by atoms with van der Waals surface area (Å²) in [7, 11) is 0. The minimum atomic E-state index is 0.323. The molecular formula is C17H20OS. The fraction of sp³-hybridized carbons (Fsp3) is 0.294. The molecule has 0 amide bonds. The summed E-state index contributed by atoms with van der Waals surface area (Å²) in [5.74, 6) is 0.409. The number of unbranched alkanes of at least 4 members (excludes halogenated alkanes) is 1. The van der Waals surface area contributed by atoms with Crippen LogP contribution in [0.1, 0.15) is 37.0 Å². The Labute approximate surface area is 119 Å². The highest BCUT2D eigenvalue weighted by Gasteiger charge is 2.15. The van der Waals surface area contributed by atoms with E-state index < -0.39 is 0 Å². The molecule has 0 saturated heterocycles. The second kappa shape index (κ2) is 7.25. The molecule has 0 fully saturated rings. The van der Waals surface area contributed by atoms with Gasteiger partial charge in [0.2, 0.25) is 0 Å². The van der Waals surface area contributed by atoms with E-state index in [1.807, 2.05) is 36.0 Å². The maximum Gasteiger partial charge on any atom is 0.119 e. The lowest BCUT2D eigenvalue weighted by Crippen LogP contribution is -1.95. The van der Waals surface area contributed by atoms with Crippen LogP contribution in [0.5, 0.6) is 5.75 Å². The Morgan fingerprint density at radius 2 is 1.68 bits per heavy atom. The first-order valence-electron chi connectivity index (χ1n) is 6.81. The normalized spacial score (nSPS) is 12.3. The average Bonchev–Trinajstić information content (AvgIpc) is 2.45. The standard InChI is InChI=1S/C17H20OS/c1-2-3-13-17(15-11-7-8-12-16(15)18)19-14-9-5-4-6-10-14/h4-12,17-18H,2-3,13H2,1H3. The van der Waals surface area contributed by atoms with Crippen molar-refractivity contribution in [3.8, 4) is 5.75 Å². The highest BCUT2D eigenvalue weighted by molar-refractivity contribution is 7.99. The lowest BCUT2D eigenvalue weighted by atomic mass is 10.1. The first kappa shape index (κ1) is 14.0. The minimum absolute atomic E-state index is 0.323. The van der Waals surface area contributed by atoms with Gasteiger partial charge in [0.25, 0.3) is 0 Å². The first-order chi connectivity index (χ1) is 9.31. The molecule has 0 aliphatic rings. The maximum atomic E-state index is 10.0. The van der Waals surface area contributed by atoms with Crippen LogP contribution in [0.4, 0.5) is 0 Å². The SMILES string of the molecule is CCCCC(Sc1ccccc1)c1ccccc1O. The Balaban J connectivity index is 2.19. The first-order valence-corrected chi connectivity index (χ1v) is 7.69. The van der Waals surface area contributed by atoms with E-state index in [1.54, 1.807) is 6.07 Å². The van der Waals surface area contributed by atoms with Gasteiger partial charge in [-0.3, -0.25) is 0 Å². The van der Waals surface area contributed by atoms with Crippen LogP contribution in [0.3, 0.4) is 0 Å². The van der Waals surface area contributed by atoms with Gasteiger partial charge in [0, 0.05) is 15.7 Å². The number of hydrogen-bond donors (Lipinski definition) is 1. The van der Waals surface area contributed by atoms with Crippen molar-refractivity contribution < 1.29 is 5.11 Å². The Bertz CT molecular complexity index is 496. The van der Waals surface area contributed by atoms with Crippen molar-refractivity contribution in [2.24, 2.45) is 0 Å². The smallest absolute Gasteiger partial charge is 0.119 e. The Morgan fingerprint density at radius 1 is 1.00 bits per heavy atom. The van der Waals surface area contributed by atoms with Gasteiger partial charge >= 0.3 is 0 Å². The number of phenolic OH excluding ortho intramolecular Hbond substituents is 1. The van der Waals surface area contributed by atoms with Crippen LogP contribution in [0.15, 0.2) is 59.5 Å². The zero-order valence-corrected chi connectivity index (χ0v) is 12.1. The molecule has 100 valence electrons. The maximum absolute atomic E-state index is 10.0. The van der Waals surface area contributed by atoms with Crippen LogP contribution < -0.4 is 0 Å². The van der Waals surface area contributed by atoms with E-state index in [1.165, 1.54) is 17.7 Å². The lowest BCUT2D eigenvalue weighted by molar-refractivity contribution is 0.466. The molecule has 0 aromatic heterocycles. The van der Waals surface area contributed by atoms with Crippen molar-refractivity contribution in [2.75, 3.05) is 0 Å². The number of thioether (sulfide) groups is 1. The molecule has 1 atom stereocenters. The van der Waals surface area contributed by atoms with Crippen LogP contribution in [-0.4, -0.2) is 5.11 Å². The van der Waals surface area contributed by atoms with E-state index in [-0.39, 0.29) is 0 Å². The molecular weight excluding hydrogens is 252 g/mol. The van der Waals surface area contributed by atoms with Gasteiger partial charge in [-0.05, 0) is 24.6 Å². The van der Waals surface area contributed by atoms with E-state index in [0.29, 0.717) is 11.0 Å². The molecule has 0 spiro atoms. The zero-order chi connectivity index (χ0) is 13.5. The van der Waals surface area contributed by atoms with Crippen molar-refractivity contribution in [3.05, 3.63) is 60.2 Å². The summed E-state index contributed by atoms with van der Waals surface area (Å²) in [5, 5.41) is 10.4. The van der Waals surface area contributed by atoms with Crippen LogP contribution in [-0.2, 0) is 0 Å². The van der Waals surface area contributed by atoms with Crippen molar-refractivity contribution >= 4 is 11.8 Å². The van der Waals surface area contributed by atoms with Crippen LogP contribution >= 0.6 is 11.8 Å². The van der Waals surface area contributed by atoms with Crippen molar-refractivity contribution in [3.63, 3.8) is 0 Å². The Hall–Kier alpha value is -1.41. The van der Waals surface area contributed by atoms with E-state index in [4.69, 9.17) is 0 Å². The number of phenols is 1. The van der Waals surface area contributed by atoms with Gasteiger partial charge in [-0.1, -0.05) is 56.2 Å². The summed E-state index contributed by atoms with van der Waals surface area (Å²) < 4.78 is 0. The highest BCUT2D eigenvalue weighted by Crippen LogP contribution is 2.41. The Morgan fingerprint density at radius 3 is 2.37 bits per heavy atom. The molecule has 1 N–H and O–H groups in total. The fourth-order valence-electron chi connectivity index (χ4n) is 2.09. The van der Waals surface area contributed by atoms with Gasteiger partial charge in [-0.25, -0.2) is 0 Å². The second-order valence-electron chi connectivity index (χ2n) is 4.62. The van der Waals surface area contributed by atoms with Crippen molar-refractivity contribution in [1.29, 1.82) is 0 Å². The summed E-state index contributed by atoms with van der Waals surface area (Å²) in [6, 6.07) is 18.1. The number of para-hydroxylation sites is 1. The minimum Gasteiger partial charge on any atom is -0.508 e. The molecule has 0 bridgehead atoms. The van der Waals surface area contributed by atoms with Crippen LogP contribution in [0.2, 0.25) is 0 Å². The summed E-state index contributed by atoms with van der Waals surface area (Å²) in [6.45, 7) is 2.20. The number of hydrogen-bond acceptors (Lipinski definition) is 2. The summed E-state index contributed by atoms with van der Waals surface area (Å²) in [4.78, 5) is 1.26. The molecule has 0 aliphatic carbocycles. The number of benzene rings is 2. The molecule has 19 heavy (non-hydrogen) atoms. The van der Waals surface area contributed by atoms with Crippen molar-refractivity contribution in [1.82, 2.24) is 0 Å². The molecule has 1 unspecified atom stereocenters. The van der Waals surface area contributed by atoms with Crippen molar-refractivity contribution in [2.45, 2.75) is 36.3 Å². The second-order valence-corrected chi connectivity index (χ2v) is 5.90. The topological polar surface area (TPSA) is 20.2 Å². The summed E-state index contributed by atoms with van der Waals surface area (Å²) in [6.07, 6.45) is 3.45. The molecule has 0 saturated carbocycles. The van der Waals surface area contributed by atoms with Gasteiger partial charge in [-0.15, -0.1) is 11.8 Å². The van der Waals surface area contributed by atoms with E-state index in [9.17, 15) is 5.11 Å². The molecule has 1 nitrogen and oxygen atoms in total. The van der Waals surface area contributed by atoms with Crippen LogP contribution in [0.25, 0.3) is 0 Å². The van der Waals surface area contributed by atoms with Gasteiger partial charge in [0.05, 0.1) is 0 Å². The molecule has 2 heteroatoms. The average molecular weight is 272 g/mol. The molecule has 0 radical (unpaired) electrons. The number of rotatable bonds is 6. The zero-order valence-electron chi connectivity index (χ0n) is 11.3. The monoisotopic (exact) mass is 272 g/mol. The quantitative estimate of drug-likeness (QED) is 0.709. The fourth-order valence-corrected chi connectivity index (χ4v) is 3.34. The summed E-state index contributed by atoms with van der Waals surface area (Å²) in [5.41, 5.74) is 1.05. The van der Waals surface area contributed by atoms with Gasteiger partial charge in [0.15, 0.2) is 0 Å². The third kappa shape index (κ3) is 4.03. The predicted octanol–water partition coefficient (Wildman–Crippen LogP) is 5.42. The van der Waals surface area contributed by atoms with Gasteiger partial charge < -0.3 is 5.11 Å². The largest absolute Gasteiger partial charge is 0.508 e. The third-order valence-electron chi connectivity index (χ3n) is 3.13. The van der Waals surface area contributed by atoms with E-state index in [2.05, 4.69) is 31.2 Å². The van der Waals surface area contributed by atoms with Crippen LogP contribution in [0, 0.1) is 0 Å². The molecule has 2 rings (SSSR count). The lowest BCUT2D eigenvalue weighted by Gasteiger charge is -2.18. The predicted molar refractivity (Wildman–Crippen MR) is 82.7 cm³/mol. The van der Waals surface area contributed by atoms with Gasteiger partial charge in [0.1, 0.15) is 5.75 Å². The summed E-state index contributed by atoms with van der Waals surface area (Å²) >= 11 is 1.84. The van der Waals surface area contributed by atoms with E-state index in [0.717, 1.165) is 12.0 Å².